The van der Waals surface area contributed by atoms with Gasteiger partial charge in [0.05, 0.1) is 0 Å². The molecular formula is C16H25NO6. The third kappa shape index (κ3) is 2.13. The molecule has 2 bridgehead atoms. The van der Waals surface area contributed by atoms with Gasteiger partial charge in [-0.1, -0.05) is 13.8 Å². The van der Waals surface area contributed by atoms with Crippen LogP contribution in [0.1, 0.15) is 46.5 Å². The Labute approximate surface area is 135 Å². The Morgan fingerprint density at radius 1 is 1.17 bits per heavy atom. The molecule has 1 saturated carbocycles. The van der Waals surface area contributed by atoms with Crippen LogP contribution < -0.4 is 5.73 Å². The van der Waals surface area contributed by atoms with Crippen LogP contribution in [0, 0.1) is 23.7 Å². The van der Waals surface area contributed by atoms with Crippen molar-refractivity contribution in [2.24, 2.45) is 29.4 Å². The minimum Gasteiger partial charge on any atom is -0.419 e. The largest absolute Gasteiger partial charge is 0.419 e. The van der Waals surface area contributed by atoms with E-state index < -0.39 is 30.1 Å². The van der Waals surface area contributed by atoms with Crippen LogP contribution in [0.15, 0.2) is 0 Å². The van der Waals surface area contributed by atoms with E-state index in [9.17, 15) is 4.79 Å². The number of amides is 1. The molecule has 7 nitrogen and oxygen atoms in total. The number of fused-ring (bicyclic) bond motifs is 2. The number of nitrogens with two attached hydrogens (primary N) is 1. The van der Waals surface area contributed by atoms with Gasteiger partial charge in [-0.25, -0.2) is 14.6 Å². The zero-order valence-corrected chi connectivity index (χ0v) is 13.8. The molecule has 0 aromatic heterocycles. The third-order valence-corrected chi connectivity index (χ3v) is 6.33. The topological polar surface area (TPSA) is 89.2 Å². The van der Waals surface area contributed by atoms with E-state index in [1.165, 1.54) is 0 Å². The minimum atomic E-state index is -0.833. The molecule has 5 aliphatic rings. The highest BCUT2D eigenvalue weighted by Crippen LogP contribution is 2.60. The molecular weight excluding hydrogens is 302 g/mol. The smallest absolute Gasteiger partial charge is 0.406 e. The zero-order valence-electron chi connectivity index (χ0n) is 13.8. The summed E-state index contributed by atoms with van der Waals surface area (Å²) >= 11 is 0. The van der Waals surface area contributed by atoms with Crippen molar-refractivity contribution in [1.29, 1.82) is 0 Å². The summed E-state index contributed by atoms with van der Waals surface area (Å²) in [5, 5.41) is 0. The zero-order chi connectivity index (χ0) is 16.4. The summed E-state index contributed by atoms with van der Waals surface area (Å²) in [6.07, 6.45) is 1.64. The van der Waals surface area contributed by atoms with E-state index in [2.05, 4.69) is 6.92 Å². The van der Waals surface area contributed by atoms with Gasteiger partial charge < -0.3 is 19.9 Å². The van der Waals surface area contributed by atoms with Crippen LogP contribution in [0.5, 0.6) is 0 Å². The summed E-state index contributed by atoms with van der Waals surface area (Å²) in [6.45, 7) is 6.13. The van der Waals surface area contributed by atoms with Crippen LogP contribution in [-0.4, -0.2) is 30.1 Å². The summed E-state index contributed by atoms with van der Waals surface area (Å²) in [7, 11) is 0. The average molecular weight is 327 g/mol. The summed E-state index contributed by atoms with van der Waals surface area (Å²) in [4.78, 5) is 22.9. The molecule has 0 unspecified atom stereocenters. The Morgan fingerprint density at radius 3 is 2.70 bits per heavy atom. The van der Waals surface area contributed by atoms with Crippen LogP contribution in [0.4, 0.5) is 4.79 Å². The second kappa shape index (κ2) is 5.05. The van der Waals surface area contributed by atoms with Gasteiger partial charge in [0.25, 0.3) is 0 Å². The van der Waals surface area contributed by atoms with Crippen molar-refractivity contribution < 1.29 is 28.8 Å². The maximum absolute atomic E-state index is 11.2. The summed E-state index contributed by atoms with van der Waals surface area (Å²) in [5.74, 6) is 0.0752. The molecule has 4 aliphatic heterocycles. The van der Waals surface area contributed by atoms with E-state index >= 15 is 0 Å². The fourth-order valence-corrected chi connectivity index (χ4v) is 5.12. The Balaban J connectivity index is 1.74. The number of rotatable bonds is 1. The Hall–Kier alpha value is -0.890. The van der Waals surface area contributed by atoms with Crippen LogP contribution in [0.2, 0.25) is 0 Å². The molecule has 8 atom stereocenters. The molecule has 130 valence electrons. The first-order valence-corrected chi connectivity index (χ1v) is 8.52. The van der Waals surface area contributed by atoms with Crippen LogP contribution in [0.25, 0.3) is 0 Å². The van der Waals surface area contributed by atoms with E-state index in [0.717, 1.165) is 25.7 Å². The molecule has 5 rings (SSSR count). The highest BCUT2D eigenvalue weighted by atomic mass is 17.3. The monoisotopic (exact) mass is 327 g/mol. The number of ether oxygens (including phenoxy) is 3. The Bertz CT molecular complexity index is 515. The van der Waals surface area contributed by atoms with Crippen LogP contribution >= 0.6 is 0 Å². The highest BCUT2D eigenvalue weighted by molar-refractivity contribution is 5.64. The lowest BCUT2D eigenvalue weighted by Gasteiger charge is -2.59. The Morgan fingerprint density at radius 2 is 1.96 bits per heavy atom. The molecule has 1 amide bonds. The predicted octanol–water partition coefficient (Wildman–Crippen LogP) is 2.29. The van der Waals surface area contributed by atoms with Gasteiger partial charge in [-0.2, -0.15) is 0 Å². The fraction of sp³-hybridized carbons (Fsp3) is 0.938. The van der Waals surface area contributed by atoms with Gasteiger partial charge in [0.2, 0.25) is 12.1 Å². The number of carbonyl (C=O) groups is 1. The molecule has 5 fully saturated rings. The lowest BCUT2D eigenvalue weighted by molar-refractivity contribution is -0.576. The van der Waals surface area contributed by atoms with Crippen LogP contribution in [-0.2, 0) is 24.0 Å². The van der Waals surface area contributed by atoms with E-state index in [1.807, 2.05) is 13.8 Å². The van der Waals surface area contributed by atoms with Gasteiger partial charge >= 0.3 is 6.09 Å². The first-order chi connectivity index (χ1) is 10.9. The SMILES string of the molecule is C[C@H]1[C@H](OC(N)=O)O[C@@H]2O[C@@]3(C)CC[C@H]4[C@H](C)CC[C@@H]1[C@@]24OO3. The van der Waals surface area contributed by atoms with Crippen molar-refractivity contribution in [1.82, 2.24) is 0 Å². The van der Waals surface area contributed by atoms with E-state index in [-0.39, 0.29) is 11.8 Å². The third-order valence-electron chi connectivity index (χ3n) is 6.33. The minimum absolute atomic E-state index is 0.0385. The molecule has 4 saturated heterocycles. The molecule has 4 heterocycles. The molecule has 23 heavy (non-hydrogen) atoms. The van der Waals surface area contributed by atoms with Crippen molar-refractivity contribution in [2.75, 3.05) is 0 Å². The number of carbonyl (C=O) groups excluding carboxylic acids is 1. The summed E-state index contributed by atoms with van der Waals surface area (Å²) in [5.41, 5.74) is 4.56. The molecule has 7 heteroatoms. The van der Waals surface area contributed by atoms with Gasteiger partial charge in [-0.15, -0.1) is 0 Å². The molecule has 1 aliphatic carbocycles. The van der Waals surface area contributed by atoms with Crippen molar-refractivity contribution in [3.05, 3.63) is 0 Å². The second-order valence-corrected chi connectivity index (χ2v) is 7.71. The molecule has 0 aromatic carbocycles. The predicted molar refractivity (Wildman–Crippen MR) is 77.5 cm³/mol. The fourth-order valence-electron chi connectivity index (χ4n) is 5.12. The number of primary amides is 1. The van der Waals surface area contributed by atoms with Gasteiger partial charge in [0.1, 0.15) is 0 Å². The highest BCUT2D eigenvalue weighted by Gasteiger charge is 2.69. The Kier molecular flexibility index (Phi) is 3.43. The molecule has 1 spiro atoms. The lowest BCUT2D eigenvalue weighted by atomic mass is 9.58. The molecule has 0 aromatic rings. The second-order valence-electron chi connectivity index (χ2n) is 7.71. The van der Waals surface area contributed by atoms with Crippen molar-refractivity contribution in [3.63, 3.8) is 0 Å². The maximum Gasteiger partial charge on any atom is 0.406 e. The van der Waals surface area contributed by atoms with Gasteiger partial charge in [0, 0.05) is 18.3 Å². The average Bonchev–Trinajstić information content (AvgIpc) is 2.70. The maximum atomic E-state index is 11.2. The van der Waals surface area contributed by atoms with Crippen LogP contribution in [0.3, 0.4) is 0 Å². The first-order valence-electron chi connectivity index (χ1n) is 8.52. The number of hydrogen-bond donors (Lipinski definition) is 1. The summed E-state index contributed by atoms with van der Waals surface area (Å²) < 4.78 is 17.3. The van der Waals surface area contributed by atoms with Gasteiger partial charge in [-0.3, -0.25) is 0 Å². The summed E-state index contributed by atoms with van der Waals surface area (Å²) in [6, 6.07) is 0. The molecule has 0 radical (unpaired) electrons. The van der Waals surface area contributed by atoms with Crippen molar-refractivity contribution in [2.45, 2.75) is 70.4 Å². The normalized spacial score (nSPS) is 54.9. The molecule has 2 N–H and O–H groups in total. The quantitative estimate of drug-likeness (QED) is 0.743. The first kappa shape index (κ1) is 15.6. The van der Waals surface area contributed by atoms with E-state index in [1.54, 1.807) is 0 Å². The van der Waals surface area contributed by atoms with E-state index in [4.69, 9.17) is 29.7 Å². The van der Waals surface area contributed by atoms with Crippen molar-refractivity contribution in [3.8, 4) is 0 Å². The number of hydrogen-bond acceptors (Lipinski definition) is 6. The standard InChI is InChI=1S/C16H25NO6/c1-8-4-5-11-9(2)12(20-14(17)18)19-13-16(11)10(8)6-7-15(3,21-13)22-23-16/h8-13H,4-7H2,1-3H3,(H2,17,18)/t8-,9-,10+,11+,12+,13-,15-,16-/m1/s1. The van der Waals surface area contributed by atoms with Crippen molar-refractivity contribution >= 4 is 6.09 Å². The van der Waals surface area contributed by atoms with Gasteiger partial charge in [-0.05, 0) is 38.0 Å². The van der Waals surface area contributed by atoms with Gasteiger partial charge in [0.15, 0.2) is 11.9 Å². The lowest BCUT2D eigenvalue weighted by Crippen LogP contribution is -2.70. The van der Waals surface area contributed by atoms with E-state index in [0.29, 0.717) is 11.8 Å².